The third kappa shape index (κ3) is 5.62. The topological polar surface area (TPSA) is 49.9 Å². The summed E-state index contributed by atoms with van der Waals surface area (Å²) < 4.78 is 38.1. The monoisotopic (exact) mass is 527 g/mol. The van der Waals surface area contributed by atoms with Gasteiger partial charge in [0.05, 0.1) is 22.9 Å². The molecule has 0 aliphatic heterocycles. The Labute approximate surface area is 217 Å². The predicted octanol–water partition coefficient (Wildman–Crippen LogP) is 5.67. The average molecular weight is 528 g/mol. The Hall–Kier alpha value is -2.39. The van der Waals surface area contributed by atoms with Crippen LogP contribution in [0.25, 0.3) is 10.3 Å². The standard InChI is InChI=1S/C28H35F2N3OSSi/c1-20(16-22-17-31-26-25(22)35-21(2)33-26)32-18-28(29,30)19-34-36(27(3,4)5,23-12-8-6-9-13-23)24-14-10-7-11-15-24/h6-15,17,20,31-32H,16,18-19H2,1-5H3. The zero-order valence-corrected chi connectivity index (χ0v) is 23.4. The van der Waals surface area contributed by atoms with Crippen LogP contribution in [0.5, 0.6) is 0 Å². The van der Waals surface area contributed by atoms with Crippen LogP contribution in [0.3, 0.4) is 0 Å². The van der Waals surface area contributed by atoms with Crippen LogP contribution in [0, 0.1) is 6.92 Å². The molecule has 2 aromatic heterocycles. The summed E-state index contributed by atoms with van der Waals surface area (Å²) in [5, 5.41) is 5.68. The molecule has 0 spiro atoms. The van der Waals surface area contributed by atoms with Crippen LogP contribution in [-0.2, 0) is 10.8 Å². The number of fused-ring (bicyclic) bond motifs is 1. The summed E-state index contributed by atoms with van der Waals surface area (Å²) in [5.41, 5.74) is 1.96. The van der Waals surface area contributed by atoms with Crippen LogP contribution < -0.4 is 15.7 Å². The first-order valence-electron chi connectivity index (χ1n) is 12.3. The summed E-state index contributed by atoms with van der Waals surface area (Å²) in [7, 11) is -3.01. The van der Waals surface area contributed by atoms with Crippen LogP contribution in [-0.4, -0.2) is 43.4 Å². The van der Waals surface area contributed by atoms with E-state index >= 15 is 8.78 Å². The van der Waals surface area contributed by atoms with E-state index < -0.39 is 27.4 Å². The van der Waals surface area contributed by atoms with Gasteiger partial charge in [0.25, 0.3) is 14.2 Å². The van der Waals surface area contributed by atoms with Crippen molar-refractivity contribution < 1.29 is 13.2 Å². The van der Waals surface area contributed by atoms with Gasteiger partial charge in [0, 0.05) is 12.2 Å². The average Bonchev–Trinajstić information content (AvgIpc) is 3.38. The van der Waals surface area contributed by atoms with Crippen molar-refractivity contribution in [3.05, 3.63) is 77.4 Å². The van der Waals surface area contributed by atoms with Gasteiger partial charge in [-0.3, -0.25) is 0 Å². The van der Waals surface area contributed by atoms with Crippen molar-refractivity contribution in [1.82, 2.24) is 15.3 Å². The summed E-state index contributed by atoms with van der Waals surface area (Å²) in [4.78, 5) is 7.63. The van der Waals surface area contributed by atoms with Gasteiger partial charge in [-0.2, -0.15) is 0 Å². The number of hydrogen-bond acceptors (Lipinski definition) is 4. The molecular weight excluding hydrogens is 492 g/mol. The molecule has 0 amide bonds. The number of thiazole rings is 1. The SMILES string of the molecule is Cc1nc2[nH]cc(CC(C)NCC(F)(F)CO[Si](c3ccccc3)(c3ccccc3)C(C)(C)C)c2s1. The van der Waals surface area contributed by atoms with Crippen LogP contribution in [0.1, 0.15) is 38.3 Å². The van der Waals surface area contributed by atoms with Gasteiger partial charge in [-0.15, -0.1) is 11.3 Å². The Morgan fingerprint density at radius 2 is 1.61 bits per heavy atom. The minimum Gasteiger partial charge on any atom is -0.401 e. The lowest BCUT2D eigenvalue weighted by atomic mass is 10.1. The number of benzene rings is 2. The highest BCUT2D eigenvalue weighted by Gasteiger charge is 2.51. The Morgan fingerprint density at radius 3 is 2.17 bits per heavy atom. The third-order valence-corrected chi connectivity index (χ3v) is 12.6. The highest BCUT2D eigenvalue weighted by atomic mass is 32.1. The fourth-order valence-electron chi connectivity index (χ4n) is 4.87. The summed E-state index contributed by atoms with van der Waals surface area (Å²) in [6, 6.07) is 19.7. The van der Waals surface area contributed by atoms with Crippen LogP contribution in [0.15, 0.2) is 66.9 Å². The van der Waals surface area contributed by atoms with Crippen molar-refractivity contribution in [2.75, 3.05) is 13.2 Å². The summed E-state index contributed by atoms with van der Waals surface area (Å²) in [6.45, 7) is 9.11. The zero-order valence-electron chi connectivity index (χ0n) is 21.6. The van der Waals surface area contributed by atoms with Gasteiger partial charge in [0.2, 0.25) is 0 Å². The number of nitrogens with zero attached hydrogens (tertiary/aromatic N) is 1. The number of aromatic nitrogens is 2. The van der Waals surface area contributed by atoms with Gasteiger partial charge in [-0.05, 0) is 41.2 Å². The number of rotatable bonds is 10. The molecule has 1 unspecified atom stereocenters. The largest absolute Gasteiger partial charge is 0.401 e. The van der Waals surface area contributed by atoms with E-state index in [1.807, 2.05) is 80.7 Å². The van der Waals surface area contributed by atoms with E-state index in [0.29, 0.717) is 6.42 Å². The Bertz CT molecular complexity index is 1230. The molecule has 2 N–H and O–H groups in total. The summed E-state index contributed by atoms with van der Waals surface area (Å²) in [6.07, 6.45) is 2.57. The lowest BCUT2D eigenvalue weighted by molar-refractivity contribution is -0.0433. The summed E-state index contributed by atoms with van der Waals surface area (Å²) >= 11 is 1.63. The third-order valence-electron chi connectivity index (χ3n) is 6.56. The summed E-state index contributed by atoms with van der Waals surface area (Å²) in [5.74, 6) is -3.02. The normalized spacial score (nSPS) is 13.9. The highest BCUT2D eigenvalue weighted by molar-refractivity contribution is 7.18. The molecule has 0 bridgehead atoms. The first-order chi connectivity index (χ1) is 17.0. The zero-order chi connectivity index (χ0) is 26.0. The fraction of sp³-hybridized carbons (Fsp3) is 0.393. The molecule has 0 aliphatic carbocycles. The molecule has 4 nitrogen and oxygen atoms in total. The molecule has 0 saturated heterocycles. The highest BCUT2D eigenvalue weighted by Crippen LogP contribution is 2.37. The smallest absolute Gasteiger partial charge is 0.281 e. The molecule has 4 rings (SSSR count). The van der Waals surface area contributed by atoms with Gasteiger partial charge < -0.3 is 14.7 Å². The van der Waals surface area contributed by atoms with Gasteiger partial charge in [-0.25, -0.2) is 13.8 Å². The van der Waals surface area contributed by atoms with Gasteiger partial charge in [0.15, 0.2) is 0 Å². The molecule has 0 saturated carbocycles. The first-order valence-corrected chi connectivity index (χ1v) is 15.0. The van der Waals surface area contributed by atoms with Crippen molar-refractivity contribution in [1.29, 1.82) is 0 Å². The minimum absolute atomic E-state index is 0.120. The van der Waals surface area contributed by atoms with Crippen LogP contribution >= 0.6 is 11.3 Å². The maximum absolute atomic E-state index is 15.3. The number of alkyl halides is 2. The van der Waals surface area contributed by atoms with E-state index in [1.165, 1.54) is 0 Å². The van der Waals surface area contributed by atoms with Crippen molar-refractivity contribution >= 4 is 40.4 Å². The van der Waals surface area contributed by atoms with E-state index in [0.717, 1.165) is 31.3 Å². The first kappa shape index (κ1) is 26.7. The minimum atomic E-state index is -3.02. The maximum Gasteiger partial charge on any atom is 0.281 e. The molecule has 192 valence electrons. The fourth-order valence-corrected chi connectivity index (χ4v) is 10.4. The maximum atomic E-state index is 15.3. The number of aryl methyl sites for hydroxylation is 1. The van der Waals surface area contributed by atoms with Gasteiger partial charge in [0.1, 0.15) is 5.65 Å². The van der Waals surface area contributed by atoms with E-state index in [9.17, 15) is 0 Å². The molecule has 2 heterocycles. The Morgan fingerprint density at radius 1 is 1.03 bits per heavy atom. The molecule has 1 atom stereocenters. The van der Waals surface area contributed by atoms with E-state index in [2.05, 4.69) is 36.1 Å². The molecular formula is C28H35F2N3OSSi. The number of H-pyrrole nitrogens is 1. The molecule has 36 heavy (non-hydrogen) atoms. The van der Waals surface area contributed by atoms with Crippen LogP contribution in [0.4, 0.5) is 8.78 Å². The van der Waals surface area contributed by atoms with E-state index in [4.69, 9.17) is 4.43 Å². The van der Waals surface area contributed by atoms with Crippen molar-refractivity contribution in [3.63, 3.8) is 0 Å². The number of halogens is 2. The number of aromatic amines is 1. The van der Waals surface area contributed by atoms with E-state index in [1.54, 1.807) is 11.3 Å². The number of nitrogens with one attached hydrogen (secondary N) is 2. The predicted molar refractivity (Wildman–Crippen MR) is 148 cm³/mol. The molecule has 2 aromatic carbocycles. The molecule has 4 aromatic rings. The second kappa shape index (κ2) is 10.5. The van der Waals surface area contributed by atoms with Gasteiger partial charge >= 0.3 is 0 Å². The van der Waals surface area contributed by atoms with Crippen molar-refractivity contribution in [2.45, 2.75) is 58.0 Å². The second-order valence-corrected chi connectivity index (χ2v) is 16.0. The molecule has 0 radical (unpaired) electrons. The van der Waals surface area contributed by atoms with Crippen molar-refractivity contribution in [3.8, 4) is 0 Å². The molecule has 0 aliphatic rings. The Balaban J connectivity index is 1.49. The lowest BCUT2D eigenvalue weighted by Gasteiger charge is -2.43. The number of hydrogen-bond donors (Lipinski definition) is 2. The van der Waals surface area contributed by atoms with Crippen LogP contribution in [0.2, 0.25) is 5.04 Å². The van der Waals surface area contributed by atoms with Crippen molar-refractivity contribution in [2.24, 2.45) is 0 Å². The van der Waals surface area contributed by atoms with Gasteiger partial charge in [-0.1, -0.05) is 81.4 Å². The quantitative estimate of drug-likeness (QED) is 0.262. The Kier molecular flexibility index (Phi) is 7.80. The lowest BCUT2D eigenvalue weighted by Crippen LogP contribution is -2.67. The van der Waals surface area contributed by atoms with E-state index in [-0.39, 0.29) is 11.1 Å². The molecule has 8 heteroatoms. The molecule has 0 fully saturated rings. The second-order valence-electron chi connectivity index (χ2n) is 10.5.